The van der Waals surface area contributed by atoms with Gasteiger partial charge >= 0.3 is 0 Å². The second-order valence-electron chi connectivity index (χ2n) is 6.65. The Morgan fingerprint density at radius 2 is 1.88 bits per heavy atom. The molecular weight excluding hydrogens is 304 g/mol. The lowest BCUT2D eigenvalue weighted by molar-refractivity contribution is 0.394. The van der Waals surface area contributed by atoms with Crippen molar-refractivity contribution in [1.29, 1.82) is 0 Å². The van der Waals surface area contributed by atoms with Crippen molar-refractivity contribution in [3.8, 4) is 11.5 Å². The number of hydrogen-bond acceptors (Lipinski definition) is 4. The number of benzene rings is 1. The number of guanidine groups is 1. The Hall–Kier alpha value is -1.95. The highest BCUT2D eigenvalue weighted by molar-refractivity contribution is 5.80. The Bertz CT molecular complexity index is 538. The van der Waals surface area contributed by atoms with E-state index in [0.717, 1.165) is 36.1 Å². The third-order valence-electron chi connectivity index (χ3n) is 3.55. The van der Waals surface area contributed by atoms with E-state index in [2.05, 4.69) is 48.6 Å². The fourth-order valence-corrected chi connectivity index (χ4v) is 2.27. The summed E-state index contributed by atoms with van der Waals surface area (Å²) < 4.78 is 10.8. The molecule has 6 nitrogen and oxygen atoms in total. The molecule has 6 heteroatoms. The lowest BCUT2D eigenvalue weighted by Gasteiger charge is -2.23. The van der Waals surface area contributed by atoms with Crippen molar-refractivity contribution in [3.63, 3.8) is 0 Å². The van der Waals surface area contributed by atoms with Crippen molar-refractivity contribution in [1.82, 2.24) is 16.0 Å². The molecule has 0 bridgehead atoms. The minimum absolute atomic E-state index is 0.0248. The number of aliphatic imine (C=N–C) groups is 1. The predicted molar refractivity (Wildman–Crippen MR) is 100 cm³/mol. The Kier molecular flexibility index (Phi) is 7.85. The zero-order valence-electron chi connectivity index (χ0n) is 16.0. The van der Waals surface area contributed by atoms with Gasteiger partial charge in [0.15, 0.2) is 5.96 Å². The molecule has 1 unspecified atom stereocenters. The van der Waals surface area contributed by atoms with Crippen LogP contribution in [0.5, 0.6) is 11.5 Å². The number of rotatable bonds is 7. The van der Waals surface area contributed by atoms with Crippen LogP contribution in [0.25, 0.3) is 0 Å². The van der Waals surface area contributed by atoms with E-state index in [1.165, 1.54) is 0 Å². The number of methoxy groups -OCH3 is 2. The van der Waals surface area contributed by atoms with Crippen LogP contribution in [0.1, 0.15) is 39.3 Å². The molecule has 1 atom stereocenters. The standard InChI is InChI=1S/C18H32N4O2/c1-13(15-12-14(23-6)8-9-16(15)24-7)22-17(19-5)20-10-11-21-18(2,3)4/h8-9,12-13,21H,10-11H2,1-7H3,(H2,19,20,22). The van der Waals surface area contributed by atoms with E-state index in [1.807, 2.05) is 18.2 Å². The van der Waals surface area contributed by atoms with E-state index in [4.69, 9.17) is 9.47 Å². The normalized spacial score (nSPS) is 13.4. The van der Waals surface area contributed by atoms with E-state index >= 15 is 0 Å². The first-order valence-corrected chi connectivity index (χ1v) is 8.25. The van der Waals surface area contributed by atoms with E-state index in [-0.39, 0.29) is 11.6 Å². The number of nitrogens with zero attached hydrogens (tertiary/aromatic N) is 1. The van der Waals surface area contributed by atoms with Crippen LogP contribution in [0.15, 0.2) is 23.2 Å². The van der Waals surface area contributed by atoms with Crippen molar-refractivity contribution in [2.45, 2.75) is 39.3 Å². The molecule has 0 fully saturated rings. The summed E-state index contributed by atoms with van der Waals surface area (Å²) in [5.41, 5.74) is 1.13. The average molecular weight is 336 g/mol. The second-order valence-corrected chi connectivity index (χ2v) is 6.65. The van der Waals surface area contributed by atoms with E-state index < -0.39 is 0 Å². The molecule has 0 heterocycles. The smallest absolute Gasteiger partial charge is 0.191 e. The molecule has 136 valence electrons. The largest absolute Gasteiger partial charge is 0.497 e. The monoisotopic (exact) mass is 336 g/mol. The second kappa shape index (κ2) is 9.37. The maximum absolute atomic E-state index is 5.45. The summed E-state index contributed by atoms with van der Waals surface area (Å²) in [6.45, 7) is 10.2. The third kappa shape index (κ3) is 6.66. The number of hydrogen-bond donors (Lipinski definition) is 3. The summed E-state index contributed by atoms with van der Waals surface area (Å²) in [7, 11) is 5.09. The Labute approximate surface area is 146 Å². The quantitative estimate of drug-likeness (QED) is 0.405. The molecule has 0 aliphatic rings. The molecule has 3 N–H and O–H groups in total. The van der Waals surface area contributed by atoms with Crippen molar-refractivity contribution >= 4 is 5.96 Å². The summed E-state index contributed by atoms with van der Waals surface area (Å²) in [5.74, 6) is 2.38. The first-order valence-electron chi connectivity index (χ1n) is 8.25. The summed E-state index contributed by atoms with van der Waals surface area (Å²) in [6.07, 6.45) is 0. The van der Waals surface area contributed by atoms with Crippen LogP contribution in [0.2, 0.25) is 0 Å². The molecule has 0 amide bonds. The third-order valence-corrected chi connectivity index (χ3v) is 3.55. The summed E-state index contributed by atoms with van der Waals surface area (Å²) in [6, 6.07) is 5.80. The van der Waals surface area contributed by atoms with Crippen LogP contribution < -0.4 is 25.4 Å². The Morgan fingerprint density at radius 1 is 1.17 bits per heavy atom. The van der Waals surface area contributed by atoms with Crippen LogP contribution in [0.3, 0.4) is 0 Å². The zero-order valence-corrected chi connectivity index (χ0v) is 16.0. The van der Waals surface area contributed by atoms with Crippen LogP contribution in [-0.4, -0.2) is 45.9 Å². The van der Waals surface area contributed by atoms with Crippen LogP contribution in [0.4, 0.5) is 0 Å². The van der Waals surface area contributed by atoms with Gasteiger partial charge in [0.25, 0.3) is 0 Å². The minimum Gasteiger partial charge on any atom is -0.497 e. The number of ether oxygens (including phenoxy) is 2. The van der Waals surface area contributed by atoms with Crippen LogP contribution in [0, 0.1) is 0 Å². The lowest BCUT2D eigenvalue weighted by Crippen LogP contribution is -2.45. The zero-order chi connectivity index (χ0) is 18.2. The van der Waals surface area contributed by atoms with E-state index in [9.17, 15) is 0 Å². The van der Waals surface area contributed by atoms with Crippen LogP contribution in [-0.2, 0) is 0 Å². The molecule has 0 aliphatic heterocycles. The molecule has 0 aromatic heterocycles. The van der Waals surface area contributed by atoms with Gasteiger partial charge in [-0.05, 0) is 45.9 Å². The van der Waals surface area contributed by atoms with Gasteiger partial charge in [-0.1, -0.05) is 0 Å². The molecule has 0 spiro atoms. The summed E-state index contributed by atoms with van der Waals surface area (Å²) in [5, 5.41) is 10.1. The molecule has 0 aliphatic carbocycles. The highest BCUT2D eigenvalue weighted by atomic mass is 16.5. The van der Waals surface area contributed by atoms with Gasteiger partial charge in [0, 0.05) is 31.2 Å². The van der Waals surface area contributed by atoms with Crippen molar-refractivity contribution in [2.75, 3.05) is 34.4 Å². The Balaban J connectivity index is 2.66. The van der Waals surface area contributed by atoms with Crippen LogP contribution >= 0.6 is 0 Å². The fourth-order valence-electron chi connectivity index (χ4n) is 2.27. The van der Waals surface area contributed by atoms with Gasteiger partial charge in [0.05, 0.1) is 20.3 Å². The van der Waals surface area contributed by atoms with Gasteiger partial charge < -0.3 is 25.4 Å². The van der Waals surface area contributed by atoms with Gasteiger partial charge in [-0.25, -0.2) is 0 Å². The topological polar surface area (TPSA) is 66.9 Å². The summed E-state index contributed by atoms with van der Waals surface area (Å²) >= 11 is 0. The molecule has 1 aromatic rings. The van der Waals surface area contributed by atoms with E-state index in [1.54, 1.807) is 21.3 Å². The van der Waals surface area contributed by atoms with Gasteiger partial charge in [0.2, 0.25) is 0 Å². The highest BCUT2D eigenvalue weighted by Crippen LogP contribution is 2.29. The Morgan fingerprint density at radius 3 is 2.42 bits per heavy atom. The van der Waals surface area contributed by atoms with Gasteiger partial charge in [-0.3, -0.25) is 4.99 Å². The van der Waals surface area contributed by atoms with Crippen molar-refractivity contribution in [3.05, 3.63) is 23.8 Å². The maximum atomic E-state index is 5.45. The summed E-state index contributed by atoms with van der Waals surface area (Å²) in [4.78, 5) is 4.28. The average Bonchev–Trinajstić information content (AvgIpc) is 2.55. The highest BCUT2D eigenvalue weighted by Gasteiger charge is 2.14. The van der Waals surface area contributed by atoms with Crippen molar-refractivity contribution < 1.29 is 9.47 Å². The van der Waals surface area contributed by atoms with Gasteiger partial charge in [0.1, 0.15) is 11.5 Å². The predicted octanol–water partition coefficient (Wildman–Crippen LogP) is 2.32. The maximum Gasteiger partial charge on any atom is 0.191 e. The molecule has 0 radical (unpaired) electrons. The molecule has 1 aromatic carbocycles. The number of nitrogens with one attached hydrogen (secondary N) is 3. The first kappa shape index (κ1) is 20.1. The van der Waals surface area contributed by atoms with Crippen molar-refractivity contribution in [2.24, 2.45) is 4.99 Å². The van der Waals surface area contributed by atoms with Gasteiger partial charge in [-0.2, -0.15) is 0 Å². The molecular formula is C18H32N4O2. The van der Waals surface area contributed by atoms with Gasteiger partial charge in [-0.15, -0.1) is 0 Å². The first-order chi connectivity index (χ1) is 11.3. The molecule has 24 heavy (non-hydrogen) atoms. The molecule has 1 rings (SSSR count). The molecule has 0 saturated heterocycles. The fraction of sp³-hybridized carbons (Fsp3) is 0.611. The molecule has 0 saturated carbocycles. The minimum atomic E-state index is 0.0248. The SMILES string of the molecule is CN=C(NCCNC(C)(C)C)NC(C)c1cc(OC)ccc1OC. The lowest BCUT2D eigenvalue weighted by atomic mass is 10.1. The van der Waals surface area contributed by atoms with E-state index in [0.29, 0.717) is 0 Å².